The molecule has 10 heteroatoms. The fourth-order valence-electron chi connectivity index (χ4n) is 7.60. The molecule has 46 heavy (non-hydrogen) atoms. The van der Waals surface area contributed by atoms with Crippen molar-refractivity contribution in [3.63, 3.8) is 0 Å². The number of piperidine rings is 1. The van der Waals surface area contributed by atoms with E-state index in [0.717, 1.165) is 62.4 Å². The summed E-state index contributed by atoms with van der Waals surface area (Å²) in [5, 5.41) is 10.4. The van der Waals surface area contributed by atoms with Crippen molar-refractivity contribution in [3.8, 4) is 0 Å². The molecule has 248 valence electrons. The number of aromatic nitrogens is 2. The van der Waals surface area contributed by atoms with Gasteiger partial charge in [-0.05, 0) is 69.9 Å². The molecular formula is C36H50N6O4. The minimum atomic E-state index is -0.887. The Morgan fingerprint density at radius 1 is 1.00 bits per heavy atom. The first-order valence-corrected chi connectivity index (χ1v) is 17.0. The van der Waals surface area contributed by atoms with Gasteiger partial charge in [-0.25, -0.2) is 9.78 Å². The molecule has 2 aliphatic heterocycles. The standard InChI is InChI=1S/C36H50N6O4/c1-6-12-32(39-22-25(4)41(36(45)46)26(5)23-39)34-37-31-16-15-27(21-30(31)35(44)40(34)8-3)24-38-19-17-29(18-20-38)42(33(43)7-2)28-13-10-9-11-14-28/h9-11,13-16,21,25-26,29,32H,6-8,12,17-20,22-24H2,1-5H3,(H,45,46). The van der Waals surface area contributed by atoms with Crippen LogP contribution in [-0.2, 0) is 17.9 Å². The van der Waals surface area contributed by atoms with E-state index in [2.05, 4.69) is 22.8 Å². The van der Waals surface area contributed by atoms with Gasteiger partial charge in [0.15, 0.2) is 0 Å². The number of fused-ring (bicyclic) bond motifs is 1. The first-order chi connectivity index (χ1) is 22.2. The Morgan fingerprint density at radius 2 is 1.67 bits per heavy atom. The number of carboxylic acid groups (broad SMARTS) is 1. The molecule has 3 aromatic rings. The Bertz CT molecular complexity index is 1560. The van der Waals surface area contributed by atoms with Gasteiger partial charge in [-0.2, -0.15) is 0 Å². The van der Waals surface area contributed by atoms with Crippen LogP contribution in [0.2, 0.25) is 0 Å². The maximum Gasteiger partial charge on any atom is 0.407 e. The molecule has 2 aliphatic rings. The number of carbonyl (C=O) groups excluding carboxylic acids is 1. The van der Waals surface area contributed by atoms with Crippen LogP contribution < -0.4 is 10.5 Å². The van der Waals surface area contributed by atoms with Gasteiger partial charge >= 0.3 is 6.09 Å². The molecule has 2 aromatic carbocycles. The molecule has 10 nitrogen and oxygen atoms in total. The monoisotopic (exact) mass is 630 g/mol. The molecule has 3 unspecified atom stereocenters. The lowest BCUT2D eigenvalue weighted by atomic mass is 10.0. The van der Waals surface area contributed by atoms with Gasteiger partial charge in [0.1, 0.15) is 5.82 Å². The number of benzene rings is 2. The largest absolute Gasteiger partial charge is 0.465 e. The van der Waals surface area contributed by atoms with Crippen LogP contribution in [0.4, 0.5) is 10.5 Å². The lowest BCUT2D eigenvalue weighted by Gasteiger charge is -2.45. The van der Waals surface area contributed by atoms with Crippen molar-refractivity contribution >= 4 is 28.6 Å². The number of carbonyl (C=O) groups is 2. The highest BCUT2D eigenvalue weighted by atomic mass is 16.4. The van der Waals surface area contributed by atoms with Crippen molar-refractivity contribution in [3.05, 3.63) is 70.3 Å². The third-order valence-electron chi connectivity index (χ3n) is 9.77. The molecule has 2 fully saturated rings. The Kier molecular flexibility index (Phi) is 10.8. The molecule has 5 rings (SSSR count). The zero-order valence-electron chi connectivity index (χ0n) is 28.1. The zero-order chi connectivity index (χ0) is 33.0. The predicted octanol–water partition coefficient (Wildman–Crippen LogP) is 5.74. The Hall–Kier alpha value is -3.76. The van der Waals surface area contributed by atoms with E-state index in [-0.39, 0.29) is 35.6 Å². The molecule has 3 heterocycles. The summed E-state index contributed by atoms with van der Waals surface area (Å²) in [4.78, 5) is 52.1. The Labute approximate surface area is 272 Å². The lowest BCUT2D eigenvalue weighted by molar-refractivity contribution is -0.119. The highest BCUT2D eigenvalue weighted by Gasteiger charge is 2.37. The number of para-hydroxylation sites is 1. The molecule has 2 saturated heterocycles. The average molecular weight is 631 g/mol. The Balaban J connectivity index is 1.34. The van der Waals surface area contributed by atoms with E-state index >= 15 is 0 Å². The minimum absolute atomic E-state index is 0.0222. The van der Waals surface area contributed by atoms with Gasteiger partial charge in [0.25, 0.3) is 5.56 Å². The number of amides is 2. The van der Waals surface area contributed by atoms with Crippen molar-refractivity contribution in [1.82, 2.24) is 24.3 Å². The molecule has 1 aromatic heterocycles. The maximum absolute atomic E-state index is 14.0. The molecule has 3 atom stereocenters. The number of anilines is 1. The molecular weight excluding hydrogens is 580 g/mol. The van der Waals surface area contributed by atoms with Crippen LogP contribution in [0.3, 0.4) is 0 Å². The molecule has 0 radical (unpaired) electrons. The van der Waals surface area contributed by atoms with Crippen molar-refractivity contribution in [2.24, 2.45) is 0 Å². The van der Waals surface area contributed by atoms with E-state index in [1.807, 2.05) is 79.6 Å². The summed E-state index contributed by atoms with van der Waals surface area (Å²) in [7, 11) is 0. The summed E-state index contributed by atoms with van der Waals surface area (Å²) in [5.74, 6) is 0.926. The quantitative estimate of drug-likeness (QED) is 0.305. The number of piperazine rings is 1. The average Bonchev–Trinajstić information content (AvgIpc) is 3.04. The zero-order valence-corrected chi connectivity index (χ0v) is 28.1. The van der Waals surface area contributed by atoms with Crippen LogP contribution in [0, 0.1) is 0 Å². The highest BCUT2D eigenvalue weighted by Crippen LogP contribution is 2.30. The van der Waals surface area contributed by atoms with Crippen LogP contribution in [-0.4, -0.2) is 85.7 Å². The van der Waals surface area contributed by atoms with Crippen molar-refractivity contribution in [1.29, 1.82) is 0 Å². The van der Waals surface area contributed by atoms with Gasteiger partial charge in [0, 0.05) is 69.5 Å². The van der Waals surface area contributed by atoms with E-state index < -0.39 is 6.09 Å². The van der Waals surface area contributed by atoms with Crippen LogP contribution in [0.5, 0.6) is 0 Å². The van der Waals surface area contributed by atoms with Crippen LogP contribution in [0.15, 0.2) is 53.3 Å². The predicted molar refractivity (Wildman–Crippen MR) is 182 cm³/mol. The second-order valence-electron chi connectivity index (χ2n) is 13.0. The minimum Gasteiger partial charge on any atom is -0.465 e. The molecule has 0 saturated carbocycles. The van der Waals surface area contributed by atoms with Crippen LogP contribution in [0.25, 0.3) is 10.9 Å². The first kappa shape index (κ1) is 33.6. The van der Waals surface area contributed by atoms with E-state index in [9.17, 15) is 19.5 Å². The van der Waals surface area contributed by atoms with E-state index in [1.165, 1.54) is 4.90 Å². The summed E-state index contributed by atoms with van der Waals surface area (Å²) < 4.78 is 1.82. The molecule has 0 bridgehead atoms. The highest BCUT2D eigenvalue weighted by molar-refractivity contribution is 5.93. The van der Waals surface area contributed by atoms with Gasteiger partial charge in [0.2, 0.25) is 5.91 Å². The number of rotatable bonds is 10. The summed E-state index contributed by atoms with van der Waals surface area (Å²) in [5.41, 5.74) is 2.73. The van der Waals surface area contributed by atoms with E-state index in [4.69, 9.17) is 4.98 Å². The van der Waals surface area contributed by atoms with Crippen molar-refractivity contribution in [2.75, 3.05) is 31.1 Å². The lowest BCUT2D eigenvalue weighted by Crippen LogP contribution is -2.59. The fourth-order valence-corrected chi connectivity index (χ4v) is 7.60. The second-order valence-corrected chi connectivity index (χ2v) is 13.0. The molecule has 1 N–H and O–H groups in total. The van der Waals surface area contributed by atoms with Crippen LogP contribution >= 0.6 is 0 Å². The maximum atomic E-state index is 14.0. The summed E-state index contributed by atoms with van der Waals surface area (Å²) in [6.07, 6.45) is 3.16. The van der Waals surface area contributed by atoms with Crippen LogP contribution in [0.1, 0.15) is 84.2 Å². The van der Waals surface area contributed by atoms with E-state index in [1.54, 1.807) is 0 Å². The summed E-state index contributed by atoms with van der Waals surface area (Å²) >= 11 is 0. The fraction of sp³-hybridized carbons (Fsp3) is 0.556. The number of hydrogen-bond acceptors (Lipinski definition) is 6. The molecule has 0 aliphatic carbocycles. The number of nitrogens with zero attached hydrogens (tertiary/aromatic N) is 6. The third-order valence-corrected chi connectivity index (χ3v) is 9.77. The van der Waals surface area contributed by atoms with Gasteiger partial charge in [-0.1, -0.05) is 44.5 Å². The number of hydrogen-bond donors (Lipinski definition) is 1. The second kappa shape index (κ2) is 14.8. The number of likely N-dealkylation sites (tertiary alicyclic amines) is 1. The summed E-state index contributed by atoms with van der Waals surface area (Å²) in [6, 6.07) is 15.9. The van der Waals surface area contributed by atoms with Gasteiger partial charge < -0.3 is 14.9 Å². The SMILES string of the molecule is CCCC(c1nc2ccc(CN3CCC(N(C(=O)CC)c4ccccc4)CC3)cc2c(=O)n1CC)N1CC(C)N(C(=O)O)C(C)C1. The van der Waals surface area contributed by atoms with Crippen molar-refractivity contribution in [2.45, 2.75) is 104 Å². The third kappa shape index (κ3) is 6.98. The molecule has 0 spiro atoms. The van der Waals surface area contributed by atoms with E-state index in [0.29, 0.717) is 37.0 Å². The van der Waals surface area contributed by atoms with Gasteiger partial charge in [-0.3, -0.25) is 24.0 Å². The smallest absolute Gasteiger partial charge is 0.407 e. The topological polar surface area (TPSA) is 102 Å². The van der Waals surface area contributed by atoms with Gasteiger partial charge in [-0.15, -0.1) is 0 Å². The first-order valence-electron chi connectivity index (χ1n) is 17.0. The van der Waals surface area contributed by atoms with Crippen molar-refractivity contribution < 1.29 is 14.7 Å². The Morgan fingerprint density at radius 3 is 2.26 bits per heavy atom. The normalized spacial score (nSPS) is 20.6. The van der Waals surface area contributed by atoms with Gasteiger partial charge in [0.05, 0.1) is 16.9 Å². The molecule has 2 amide bonds. The summed E-state index contributed by atoms with van der Waals surface area (Å²) in [6.45, 7) is 14.2.